The molecule has 1 rings (SSSR count). The van der Waals surface area contributed by atoms with Crippen molar-refractivity contribution in [1.29, 1.82) is 0 Å². The first kappa shape index (κ1) is 13.9. The molecule has 0 unspecified atom stereocenters. The average molecular weight is 256 g/mol. The van der Waals surface area contributed by atoms with Gasteiger partial charge in [0.15, 0.2) is 6.10 Å². The second-order valence-electron chi connectivity index (χ2n) is 3.50. The molecule has 7 heteroatoms. The lowest BCUT2D eigenvalue weighted by molar-refractivity contribution is -0.146. The summed E-state index contributed by atoms with van der Waals surface area (Å²) in [5.74, 6) is -1.93. The lowest BCUT2D eigenvalue weighted by Crippen LogP contribution is -2.33. The maximum absolute atomic E-state index is 13.1. The van der Waals surface area contributed by atoms with Gasteiger partial charge in [0.2, 0.25) is 0 Å². The third-order valence-corrected chi connectivity index (χ3v) is 2.11. The van der Waals surface area contributed by atoms with Gasteiger partial charge >= 0.3 is 12.0 Å². The van der Waals surface area contributed by atoms with E-state index in [2.05, 4.69) is 10.6 Å². The van der Waals surface area contributed by atoms with E-state index >= 15 is 0 Å². The lowest BCUT2D eigenvalue weighted by atomic mass is 10.2. The number of carbonyl (C=O) groups excluding carboxylic acids is 1. The van der Waals surface area contributed by atoms with E-state index in [1.807, 2.05) is 0 Å². The molecule has 0 bridgehead atoms. The molecule has 0 spiro atoms. The summed E-state index contributed by atoms with van der Waals surface area (Å²) in [5, 5.41) is 21.9. The number of urea groups is 1. The first-order valence-corrected chi connectivity index (χ1v) is 5.21. The summed E-state index contributed by atoms with van der Waals surface area (Å²) in [7, 11) is 0. The van der Waals surface area contributed by atoms with Gasteiger partial charge in [-0.3, -0.25) is 0 Å². The zero-order valence-electron chi connectivity index (χ0n) is 9.39. The number of carbonyl (C=O) groups is 2. The largest absolute Gasteiger partial charge is 0.479 e. The smallest absolute Gasteiger partial charge is 0.332 e. The Morgan fingerprint density at radius 1 is 1.33 bits per heavy atom. The number of amides is 2. The Morgan fingerprint density at radius 2 is 2.00 bits per heavy atom. The van der Waals surface area contributed by atoms with Crippen molar-refractivity contribution >= 4 is 17.7 Å². The second-order valence-corrected chi connectivity index (χ2v) is 3.50. The minimum absolute atomic E-state index is 0.0220. The molecule has 0 heterocycles. The topological polar surface area (TPSA) is 98.7 Å². The molecule has 0 radical (unpaired) electrons. The van der Waals surface area contributed by atoms with Crippen molar-refractivity contribution in [2.24, 2.45) is 0 Å². The van der Waals surface area contributed by atoms with E-state index in [4.69, 9.17) is 10.2 Å². The molecule has 0 aromatic heterocycles. The number of para-hydroxylation sites is 1. The molecule has 0 saturated carbocycles. The molecular weight excluding hydrogens is 243 g/mol. The maximum Gasteiger partial charge on any atom is 0.332 e. The van der Waals surface area contributed by atoms with Gasteiger partial charge in [0.25, 0.3) is 0 Å². The summed E-state index contributed by atoms with van der Waals surface area (Å²) in [5.41, 5.74) is 0.0220. The summed E-state index contributed by atoms with van der Waals surface area (Å²) in [4.78, 5) is 21.6. The van der Waals surface area contributed by atoms with Gasteiger partial charge in [0.1, 0.15) is 5.82 Å². The van der Waals surface area contributed by atoms with Crippen molar-refractivity contribution in [1.82, 2.24) is 5.32 Å². The zero-order chi connectivity index (χ0) is 13.5. The molecular formula is C11H13FN2O4. The first-order valence-electron chi connectivity index (χ1n) is 5.21. The van der Waals surface area contributed by atoms with Crippen LogP contribution >= 0.6 is 0 Å². The quantitative estimate of drug-likeness (QED) is 0.625. The number of halogens is 1. The van der Waals surface area contributed by atoms with E-state index in [9.17, 15) is 14.0 Å². The van der Waals surface area contributed by atoms with Crippen LogP contribution in [0.15, 0.2) is 24.3 Å². The number of carboxylic acids is 1. The van der Waals surface area contributed by atoms with Crippen LogP contribution in [0.5, 0.6) is 0 Å². The second kappa shape index (κ2) is 6.55. The van der Waals surface area contributed by atoms with Crippen LogP contribution in [-0.4, -0.2) is 34.9 Å². The molecule has 1 aromatic carbocycles. The number of hydrogen-bond donors (Lipinski definition) is 4. The van der Waals surface area contributed by atoms with Gasteiger partial charge < -0.3 is 20.8 Å². The predicted molar refractivity (Wildman–Crippen MR) is 61.7 cm³/mol. The van der Waals surface area contributed by atoms with Crippen molar-refractivity contribution in [3.05, 3.63) is 30.1 Å². The van der Waals surface area contributed by atoms with Gasteiger partial charge in [0, 0.05) is 13.0 Å². The normalized spacial score (nSPS) is 11.7. The molecule has 0 aliphatic carbocycles. The standard InChI is InChI=1S/C11H13FN2O4/c12-7-3-1-2-4-8(7)14-11(18)13-6-5-9(15)10(16)17/h1-4,9,15H,5-6H2,(H,16,17)(H2,13,14,18)/t9-/m0/s1. The number of anilines is 1. The van der Waals surface area contributed by atoms with Crippen molar-refractivity contribution in [2.45, 2.75) is 12.5 Å². The fourth-order valence-electron chi connectivity index (χ4n) is 1.17. The first-order chi connectivity index (χ1) is 8.50. The Morgan fingerprint density at radius 3 is 2.61 bits per heavy atom. The van der Waals surface area contributed by atoms with Crippen LogP contribution in [0, 0.1) is 5.82 Å². The van der Waals surface area contributed by atoms with Gasteiger partial charge in [0.05, 0.1) is 5.69 Å². The van der Waals surface area contributed by atoms with Crippen LogP contribution in [0.2, 0.25) is 0 Å². The Labute approximate surface area is 102 Å². The van der Waals surface area contributed by atoms with Crippen LogP contribution in [-0.2, 0) is 4.79 Å². The van der Waals surface area contributed by atoms with E-state index in [-0.39, 0.29) is 18.7 Å². The number of aliphatic hydroxyl groups is 1. The van der Waals surface area contributed by atoms with Crippen LogP contribution in [0.4, 0.5) is 14.9 Å². The van der Waals surface area contributed by atoms with E-state index in [0.29, 0.717) is 0 Å². The molecule has 6 nitrogen and oxygen atoms in total. The zero-order valence-corrected chi connectivity index (χ0v) is 9.39. The molecule has 0 aliphatic heterocycles. The summed E-state index contributed by atoms with van der Waals surface area (Å²) in [6.45, 7) is -0.0340. The highest BCUT2D eigenvalue weighted by molar-refractivity contribution is 5.89. The van der Waals surface area contributed by atoms with Gasteiger partial charge in [-0.2, -0.15) is 0 Å². The van der Waals surface area contributed by atoms with Crippen LogP contribution in [0.3, 0.4) is 0 Å². The maximum atomic E-state index is 13.1. The number of benzene rings is 1. The molecule has 2 amide bonds. The molecule has 18 heavy (non-hydrogen) atoms. The van der Waals surface area contributed by atoms with E-state index in [0.717, 1.165) is 0 Å². The summed E-state index contributed by atoms with van der Waals surface area (Å²) in [6.07, 6.45) is -1.65. The Balaban J connectivity index is 2.35. The van der Waals surface area contributed by atoms with Crippen molar-refractivity contribution in [3.8, 4) is 0 Å². The number of nitrogens with one attached hydrogen (secondary N) is 2. The van der Waals surface area contributed by atoms with Gasteiger partial charge in [-0.15, -0.1) is 0 Å². The van der Waals surface area contributed by atoms with Crippen LogP contribution in [0.25, 0.3) is 0 Å². The number of aliphatic hydroxyl groups excluding tert-OH is 1. The summed E-state index contributed by atoms with van der Waals surface area (Å²) < 4.78 is 13.1. The van der Waals surface area contributed by atoms with Crippen molar-refractivity contribution in [2.75, 3.05) is 11.9 Å². The fraction of sp³-hybridized carbons (Fsp3) is 0.273. The van der Waals surface area contributed by atoms with Gasteiger partial charge in [-0.05, 0) is 12.1 Å². The number of aliphatic carboxylic acids is 1. The van der Waals surface area contributed by atoms with E-state index < -0.39 is 23.9 Å². The van der Waals surface area contributed by atoms with Crippen LogP contribution in [0.1, 0.15) is 6.42 Å². The third-order valence-electron chi connectivity index (χ3n) is 2.11. The fourth-order valence-corrected chi connectivity index (χ4v) is 1.17. The molecule has 1 aromatic rings. The number of rotatable bonds is 5. The summed E-state index contributed by atoms with van der Waals surface area (Å²) >= 11 is 0. The molecule has 1 atom stereocenters. The Hall–Kier alpha value is -2.15. The molecule has 4 N–H and O–H groups in total. The van der Waals surface area contributed by atoms with Gasteiger partial charge in [-0.25, -0.2) is 14.0 Å². The molecule has 0 fully saturated rings. The van der Waals surface area contributed by atoms with E-state index in [1.165, 1.54) is 18.2 Å². The Kier molecular flexibility index (Phi) is 5.06. The van der Waals surface area contributed by atoms with Gasteiger partial charge in [-0.1, -0.05) is 12.1 Å². The highest BCUT2D eigenvalue weighted by Gasteiger charge is 2.13. The third kappa shape index (κ3) is 4.38. The Bertz CT molecular complexity index is 439. The number of hydrogen-bond acceptors (Lipinski definition) is 3. The lowest BCUT2D eigenvalue weighted by Gasteiger charge is -2.09. The van der Waals surface area contributed by atoms with Crippen LogP contribution < -0.4 is 10.6 Å². The number of carboxylic acid groups (broad SMARTS) is 1. The van der Waals surface area contributed by atoms with Crippen molar-refractivity contribution in [3.63, 3.8) is 0 Å². The highest BCUT2D eigenvalue weighted by Crippen LogP contribution is 2.11. The average Bonchev–Trinajstić information content (AvgIpc) is 2.32. The van der Waals surface area contributed by atoms with Crippen molar-refractivity contribution < 1.29 is 24.2 Å². The monoisotopic (exact) mass is 256 g/mol. The molecule has 98 valence electrons. The highest BCUT2D eigenvalue weighted by atomic mass is 19.1. The van der Waals surface area contributed by atoms with E-state index in [1.54, 1.807) is 6.07 Å². The predicted octanol–water partition coefficient (Wildman–Crippen LogP) is 0.783. The summed E-state index contributed by atoms with van der Waals surface area (Å²) in [6, 6.07) is 4.97. The minimum Gasteiger partial charge on any atom is -0.479 e. The SMILES string of the molecule is O=C(NCC[C@H](O)C(=O)O)Nc1ccccc1F. The molecule has 0 aliphatic rings. The molecule has 0 saturated heterocycles. The minimum atomic E-state index is -1.53.